The average Bonchev–Trinajstić information content (AvgIpc) is 2.40. The molecule has 0 bridgehead atoms. The summed E-state index contributed by atoms with van der Waals surface area (Å²) in [6.45, 7) is 0.654. The molecular weight excluding hydrogens is 252 g/mol. The van der Waals surface area contributed by atoms with E-state index in [0.29, 0.717) is 22.8 Å². The maximum atomic E-state index is 12.4. The lowest BCUT2D eigenvalue weighted by atomic mass is 10.0. The van der Waals surface area contributed by atoms with Crippen molar-refractivity contribution in [2.75, 3.05) is 18.9 Å². The molecule has 1 saturated heterocycles. The summed E-state index contributed by atoms with van der Waals surface area (Å²) in [4.78, 5) is 14.1. The van der Waals surface area contributed by atoms with Crippen LogP contribution in [0, 0.1) is 0 Å². The Labute approximate surface area is 111 Å². The van der Waals surface area contributed by atoms with Crippen molar-refractivity contribution < 1.29 is 9.90 Å². The average molecular weight is 269 g/mol. The number of aliphatic hydroxyl groups is 1. The summed E-state index contributed by atoms with van der Waals surface area (Å²) in [5.74, 6) is -0.147. The van der Waals surface area contributed by atoms with Crippen LogP contribution in [-0.2, 0) is 0 Å². The molecule has 1 aromatic rings. The number of nitrogens with zero attached hydrogens (tertiary/aromatic N) is 1. The third kappa shape index (κ3) is 2.60. The van der Waals surface area contributed by atoms with E-state index in [0.717, 1.165) is 19.3 Å². The van der Waals surface area contributed by atoms with Gasteiger partial charge in [0.1, 0.15) is 0 Å². The lowest BCUT2D eigenvalue weighted by Gasteiger charge is -2.34. The Morgan fingerprint density at radius 1 is 1.50 bits per heavy atom. The van der Waals surface area contributed by atoms with Crippen LogP contribution in [0.15, 0.2) is 18.2 Å². The van der Waals surface area contributed by atoms with E-state index in [-0.39, 0.29) is 18.6 Å². The number of hydrogen-bond donors (Lipinski definition) is 2. The van der Waals surface area contributed by atoms with Gasteiger partial charge in [0, 0.05) is 12.2 Å². The van der Waals surface area contributed by atoms with E-state index in [4.69, 9.17) is 17.3 Å². The van der Waals surface area contributed by atoms with Gasteiger partial charge in [0.2, 0.25) is 0 Å². The Bertz CT molecular complexity index is 451. The van der Waals surface area contributed by atoms with Gasteiger partial charge in [-0.25, -0.2) is 0 Å². The van der Waals surface area contributed by atoms with Crippen molar-refractivity contribution in [1.29, 1.82) is 0 Å². The summed E-state index contributed by atoms with van der Waals surface area (Å²) in [5, 5.41) is 9.73. The SMILES string of the molecule is Nc1ccc(Cl)c(C(=O)N2CCCCC2CO)c1. The fourth-order valence-electron chi connectivity index (χ4n) is 2.32. The number of piperidine rings is 1. The molecule has 1 fully saturated rings. The molecule has 1 atom stereocenters. The van der Waals surface area contributed by atoms with Gasteiger partial charge in [0.05, 0.1) is 23.2 Å². The predicted octanol–water partition coefficient (Wildman–Crippen LogP) is 1.91. The Morgan fingerprint density at radius 2 is 2.28 bits per heavy atom. The number of benzene rings is 1. The van der Waals surface area contributed by atoms with Gasteiger partial charge in [-0.3, -0.25) is 4.79 Å². The second-order valence-corrected chi connectivity index (χ2v) is 4.98. The number of nitrogen functional groups attached to an aromatic ring is 1. The quantitative estimate of drug-likeness (QED) is 0.805. The normalized spacial score (nSPS) is 19.9. The van der Waals surface area contributed by atoms with E-state index in [1.54, 1.807) is 23.1 Å². The Hall–Kier alpha value is -1.26. The summed E-state index contributed by atoms with van der Waals surface area (Å²) < 4.78 is 0. The van der Waals surface area contributed by atoms with E-state index in [9.17, 15) is 9.90 Å². The summed E-state index contributed by atoms with van der Waals surface area (Å²) in [7, 11) is 0. The molecule has 1 aromatic carbocycles. The molecule has 0 radical (unpaired) electrons. The summed E-state index contributed by atoms with van der Waals surface area (Å²) in [6, 6.07) is 4.78. The molecule has 3 N–H and O–H groups in total. The zero-order chi connectivity index (χ0) is 13.1. The molecule has 1 unspecified atom stereocenters. The van der Waals surface area contributed by atoms with Crippen molar-refractivity contribution in [3.8, 4) is 0 Å². The Balaban J connectivity index is 2.26. The second-order valence-electron chi connectivity index (χ2n) is 4.57. The summed E-state index contributed by atoms with van der Waals surface area (Å²) >= 11 is 6.04. The predicted molar refractivity (Wildman–Crippen MR) is 71.6 cm³/mol. The third-order valence-corrected chi connectivity index (χ3v) is 3.65. The largest absolute Gasteiger partial charge is 0.399 e. The van der Waals surface area contributed by atoms with Crippen LogP contribution in [0.5, 0.6) is 0 Å². The van der Waals surface area contributed by atoms with E-state index >= 15 is 0 Å². The minimum Gasteiger partial charge on any atom is -0.399 e. The van der Waals surface area contributed by atoms with Crippen molar-refractivity contribution in [3.05, 3.63) is 28.8 Å². The molecule has 5 heteroatoms. The zero-order valence-electron chi connectivity index (χ0n) is 10.1. The van der Waals surface area contributed by atoms with Crippen LogP contribution in [0.1, 0.15) is 29.6 Å². The van der Waals surface area contributed by atoms with Crippen molar-refractivity contribution in [1.82, 2.24) is 4.90 Å². The van der Waals surface area contributed by atoms with Gasteiger partial charge in [-0.05, 0) is 37.5 Å². The topological polar surface area (TPSA) is 66.6 Å². The molecule has 1 heterocycles. The number of nitrogens with two attached hydrogens (primary N) is 1. The first-order chi connectivity index (χ1) is 8.63. The number of carbonyl (C=O) groups is 1. The number of anilines is 1. The minimum atomic E-state index is -0.147. The van der Waals surface area contributed by atoms with Crippen molar-refractivity contribution in [2.45, 2.75) is 25.3 Å². The lowest BCUT2D eigenvalue weighted by molar-refractivity contribution is 0.0503. The van der Waals surface area contributed by atoms with Crippen LogP contribution >= 0.6 is 11.6 Å². The molecule has 4 nitrogen and oxygen atoms in total. The van der Waals surface area contributed by atoms with Crippen molar-refractivity contribution >= 4 is 23.2 Å². The molecule has 0 spiro atoms. The minimum absolute atomic E-state index is 0.00826. The van der Waals surface area contributed by atoms with Crippen LogP contribution in [0.3, 0.4) is 0 Å². The van der Waals surface area contributed by atoms with Gasteiger partial charge >= 0.3 is 0 Å². The molecule has 2 rings (SSSR count). The van der Waals surface area contributed by atoms with Crippen molar-refractivity contribution in [3.63, 3.8) is 0 Å². The Kier molecular flexibility index (Phi) is 4.09. The third-order valence-electron chi connectivity index (χ3n) is 3.32. The van der Waals surface area contributed by atoms with Crippen LogP contribution in [0.25, 0.3) is 0 Å². The van der Waals surface area contributed by atoms with Crippen LogP contribution in [0.4, 0.5) is 5.69 Å². The highest BCUT2D eigenvalue weighted by atomic mass is 35.5. The van der Waals surface area contributed by atoms with E-state index in [1.807, 2.05) is 0 Å². The maximum absolute atomic E-state index is 12.4. The van der Waals surface area contributed by atoms with Gasteiger partial charge in [-0.15, -0.1) is 0 Å². The molecule has 0 aliphatic carbocycles. The number of halogens is 1. The monoisotopic (exact) mass is 268 g/mol. The first kappa shape index (κ1) is 13.2. The molecule has 18 heavy (non-hydrogen) atoms. The van der Waals surface area contributed by atoms with Crippen LogP contribution in [-0.4, -0.2) is 35.1 Å². The highest BCUT2D eigenvalue weighted by Crippen LogP contribution is 2.24. The number of carbonyl (C=O) groups excluding carboxylic acids is 1. The van der Waals surface area contributed by atoms with E-state index in [2.05, 4.69) is 0 Å². The number of rotatable bonds is 2. The summed E-state index contributed by atoms with van der Waals surface area (Å²) in [5.41, 5.74) is 6.61. The first-order valence-electron chi connectivity index (χ1n) is 6.10. The molecular formula is C13H17ClN2O2. The van der Waals surface area contributed by atoms with Gasteiger partial charge in [0.15, 0.2) is 0 Å². The van der Waals surface area contributed by atoms with Crippen LogP contribution in [0.2, 0.25) is 5.02 Å². The molecule has 1 aliphatic rings. The maximum Gasteiger partial charge on any atom is 0.255 e. The molecule has 0 aromatic heterocycles. The highest BCUT2D eigenvalue weighted by molar-refractivity contribution is 6.34. The number of hydrogen-bond acceptors (Lipinski definition) is 3. The number of amides is 1. The number of aliphatic hydroxyl groups excluding tert-OH is 1. The van der Waals surface area contributed by atoms with Gasteiger partial charge in [0.25, 0.3) is 5.91 Å². The van der Waals surface area contributed by atoms with Gasteiger partial charge in [-0.1, -0.05) is 11.6 Å². The molecule has 1 aliphatic heterocycles. The standard InChI is InChI=1S/C13H17ClN2O2/c14-12-5-4-9(15)7-11(12)13(18)16-6-2-1-3-10(16)8-17/h4-5,7,10,17H,1-3,6,8,15H2. The highest BCUT2D eigenvalue weighted by Gasteiger charge is 2.27. The zero-order valence-corrected chi connectivity index (χ0v) is 10.9. The molecule has 1 amide bonds. The molecule has 0 saturated carbocycles. The van der Waals surface area contributed by atoms with Crippen LogP contribution < -0.4 is 5.73 Å². The van der Waals surface area contributed by atoms with Crippen molar-refractivity contribution in [2.24, 2.45) is 0 Å². The van der Waals surface area contributed by atoms with E-state index < -0.39 is 0 Å². The Morgan fingerprint density at radius 3 is 3.00 bits per heavy atom. The summed E-state index contributed by atoms with van der Waals surface area (Å²) in [6.07, 6.45) is 2.84. The second kappa shape index (κ2) is 5.59. The van der Waals surface area contributed by atoms with Gasteiger partial charge in [-0.2, -0.15) is 0 Å². The van der Waals surface area contributed by atoms with E-state index in [1.165, 1.54) is 0 Å². The number of likely N-dealkylation sites (tertiary alicyclic amines) is 1. The fraction of sp³-hybridized carbons (Fsp3) is 0.462. The van der Waals surface area contributed by atoms with Gasteiger partial charge < -0.3 is 15.7 Å². The smallest absolute Gasteiger partial charge is 0.255 e. The fourth-order valence-corrected chi connectivity index (χ4v) is 2.52. The lowest BCUT2D eigenvalue weighted by Crippen LogP contribution is -2.45. The molecule has 98 valence electrons. The first-order valence-corrected chi connectivity index (χ1v) is 6.48.